The number of hydrogen-bond donors (Lipinski definition) is 0. The van der Waals surface area contributed by atoms with Crippen molar-refractivity contribution in [2.24, 2.45) is 0 Å². The predicted octanol–water partition coefficient (Wildman–Crippen LogP) is 4.62. The molecule has 0 N–H and O–H groups in total. The van der Waals surface area contributed by atoms with E-state index in [0.29, 0.717) is 10.5 Å². The second-order valence-electron chi connectivity index (χ2n) is 5.02. The van der Waals surface area contributed by atoms with Crippen molar-refractivity contribution in [3.05, 3.63) is 40.9 Å². The molecule has 156 valence electrons. The maximum absolute atomic E-state index is 13.2. The number of rotatable bonds is 8. The van der Waals surface area contributed by atoms with Gasteiger partial charge in [-0.25, -0.2) is 18.4 Å². The molecule has 0 aromatic heterocycles. The van der Waals surface area contributed by atoms with Crippen LogP contribution < -0.4 is 4.74 Å². The van der Waals surface area contributed by atoms with Gasteiger partial charge in [-0.05, 0) is 24.3 Å². The number of halogens is 9. The van der Waals surface area contributed by atoms with E-state index >= 15 is 0 Å². The molecule has 1 rings (SSSR count). The van der Waals surface area contributed by atoms with Crippen LogP contribution in [-0.2, 0) is 14.3 Å². The standard InChI is InChI=1S/C15H9BrF8O4/c16-8-1-3-9(4-2-8)28-11(26)6-5-10(25)27-7-13(19,20)15(23,24)14(21,22)12(17)18/h1-6,12H,7H2/b6-5+. The largest absolute Gasteiger partial charge is 0.456 e. The molecule has 0 aliphatic rings. The zero-order chi connectivity index (χ0) is 21.8. The molecule has 0 amide bonds. The lowest BCUT2D eigenvalue weighted by atomic mass is 10.1. The Balaban J connectivity index is 2.66. The van der Waals surface area contributed by atoms with E-state index in [0.717, 1.165) is 0 Å². The van der Waals surface area contributed by atoms with Crippen LogP contribution in [0.15, 0.2) is 40.9 Å². The van der Waals surface area contributed by atoms with E-state index < -0.39 is 42.7 Å². The van der Waals surface area contributed by atoms with Crippen molar-refractivity contribution in [3.8, 4) is 5.75 Å². The summed E-state index contributed by atoms with van der Waals surface area (Å²) in [6, 6.07) is 5.69. The van der Waals surface area contributed by atoms with Crippen LogP contribution >= 0.6 is 15.9 Å². The SMILES string of the molecule is O=C(/C=C/C(=O)Oc1ccc(Br)cc1)OCC(F)(F)C(F)(F)C(F)(F)C(F)F. The van der Waals surface area contributed by atoms with Crippen molar-refractivity contribution in [2.75, 3.05) is 6.61 Å². The van der Waals surface area contributed by atoms with Crippen LogP contribution in [0.5, 0.6) is 5.75 Å². The van der Waals surface area contributed by atoms with Gasteiger partial charge in [-0.15, -0.1) is 0 Å². The van der Waals surface area contributed by atoms with E-state index in [1.807, 2.05) is 0 Å². The summed E-state index contributed by atoms with van der Waals surface area (Å²) in [5.41, 5.74) is 0. The summed E-state index contributed by atoms with van der Waals surface area (Å²) in [6.07, 6.45) is -4.51. The van der Waals surface area contributed by atoms with Crippen LogP contribution in [0.2, 0.25) is 0 Å². The summed E-state index contributed by atoms with van der Waals surface area (Å²) in [7, 11) is 0. The van der Waals surface area contributed by atoms with Crippen molar-refractivity contribution >= 4 is 27.9 Å². The van der Waals surface area contributed by atoms with Gasteiger partial charge in [0.25, 0.3) is 0 Å². The molecule has 0 spiro atoms. The molecule has 1 aromatic rings. The van der Waals surface area contributed by atoms with Gasteiger partial charge in [-0.2, -0.15) is 26.3 Å². The lowest BCUT2D eigenvalue weighted by Gasteiger charge is -2.31. The van der Waals surface area contributed by atoms with Crippen molar-refractivity contribution < 1.29 is 54.2 Å². The Kier molecular flexibility index (Phi) is 7.57. The first-order valence-electron chi connectivity index (χ1n) is 6.94. The van der Waals surface area contributed by atoms with Crippen molar-refractivity contribution in [3.63, 3.8) is 0 Å². The van der Waals surface area contributed by atoms with E-state index in [1.54, 1.807) is 0 Å². The molecule has 0 aliphatic carbocycles. The van der Waals surface area contributed by atoms with Gasteiger partial charge in [0.15, 0.2) is 6.61 Å². The van der Waals surface area contributed by atoms with E-state index in [1.165, 1.54) is 24.3 Å². The van der Waals surface area contributed by atoms with Gasteiger partial charge in [-0.3, -0.25) is 0 Å². The normalized spacial score (nSPS) is 13.1. The minimum absolute atomic E-state index is 0.0339. The second kappa shape index (κ2) is 8.88. The lowest BCUT2D eigenvalue weighted by Crippen LogP contribution is -2.59. The average molecular weight is 485 g/mol. The highest BCUT2D eigenvalue weighted by molar-refractivity contribution is 9.10. The predicted molar refractivity (Wildman–Crippen MR) is 80.7 cm³/mol. The zero-order valence-electron chi connectivity index (χ0n) is 13.3. The monoisotopic (exact) mass is 484 g/mol. The summed E-state index contributed by atoms with van der Waals surface area (Å²) < 4.78 is 110. The number of hydrogen-bond acceptors (Lipinski definition) is 4. The van der Waals surface area contributed by atoms with Gasteiger partial charge in [0.1, 0.15) is 5.75 Å². The number of ether oxygens (including phenoxy) is 2. The molecule has 4 nitrogen and oxygen atoms in total. The first kappa shape index (κ1) is 23.9. The van der Waals surface area contributed by atoms with Gasteiger partial charge in [-0.1, -0.05) is 15.9 Å². The van der Waals surface area contributed by atoms with Gasteiger partial charge >= 0.3 is 36.1 Å². The Morgan fingerprint density at radius 3 is 1.96 bits per heavy atom. The third kappa shape index (κ3) is 5.66. The molecule has 0 bridgehead atoms. The fourth-order valence-electron chi connectivity index (χ4n) is 1.47. The summed E-state index contributed by atoms with van der Waals surface area (Å²) in [5, 5.41) is 0. The Bertz CT molecular complexity index is 734. The minimum Gasteiger partial charge on any atom is -0.456 e. The summed E-state index contributed by atoms with van der Waals surface area (Å²) in [6.45, 7) is -2.63. The maximum Gasteiger partial charge on any atom is 0.381 e. The van der Waals surface area contributed by atoms with Crippen molar-refractivity contribution in [1.29, 1.82) is 0 Å². The molecule has 0 fully saturated rings. The summed E-state index contributed by atoms with van der Waals surface area (Å²) in [5.74, 6) is -21.6. The summed E-state index contributed by atoms with van der Waals surface area (Å²) >= 11 is 3.11. The van der Waals surface area contributed by atoms with E-state index in [4.69, 9.17) is 0 Å². The average Bonchev–Trinajstić information content (AvgIpc) is 2.59. The second-order valence-corrected chi connectivity index (χ2v) is 5.93. The Hall–Kier alpha value is -2.18. The fourth-order valence-corrected chi connectivity index (χ4v) is 1.73. The molecular formula is C15H9BrF8O4. The fraction of sp³-hybridized carbons (Fsp3) is 0.333. The number of carbonyl (C=O) groups excluding carboxylic acids is 2. The third-order valence-corrected chi connectivity index (χ3v) is 3.46. The molecule has 0 aliphatic heterocycles. The quantitative estimate of drug-likeness (QED) is 0.234. The highest BCUT2D eigenvalue weighted by Gasteiger charge is 2.75. The minimum atomic E-state index is -6.50. The van der Waals surface area contributed by atoms with Crippen LogP contribution in [0.25, 0.3) is 0 Å². The molecule has 0 radical (unpaired) electrons. The molecule has 13 heteroatoms. The molecular weight excluding hydrogens is 476 g/mol. The smallest absolute Gasteiger partial charge is 0.381 e. The van der Waals surface area contributed by atoms with Crippen LogP contribution in [0.3, 0.4) is 0 Å². The van der Waals surface area contributed by atoms with Crippen LogP contribution in [0.1, 0.15) is 0 Å². The first-order valence-corrected chi connectivity index (χ1v) is 7.74. The number of carbonyl (C=O) groups is 2. The highest BCUT2D eigenvalue weighted by atomic mass is 79.9. The number of alkyl halides is 8. The maximum atomic E-state index is 13.2. The molecule has 0 unspecified atom stereocenters. The Morgan fingerprint density at radius 2 is 1.46 bits per heavy atom. The summed E-state index contributed by atoms with van der Waals surface area (Å²) in [4.78, 5) is 22.6. The van der Waals surface area contributed by atoms with Gasteiger partial charge in [0, 0.05) is 16.6 Å². The van der Waals surface area contributed by atoms with Crippen LogP contribution in [-0.4, -0.2) is 42.7 Å². The van der Waals surface area contributed by atoms with E-state index in [9.17, 15) is 44.7 Å². The first-order chi connectivity index (χ1) is 12.7. The van der Waals surface area contributed by atoms with Crippen molar-refractivity contribution in [2.45, 2.75) is 24.2 Å². The third-order valence-electron chi connectivity index (χ3n) is 2.94. The molecule has 0 saturated carbocycles. The zero-order valence-corrected chi connectivity index (χ0v) is 14.9. The van der Waals surface area contributed by atoms with Crippen LogP contribution in [0.4, 0.5) is 35.1 Å². The molecule has 0 saturated heterocycles. The van der Waals surface area contributed by atoms with Gasteiger partial charge in [0.2, 0.25) is 0 Å². The van der Waals surface area contributed by atoms with Crippen molar-refractivity contribution in [1.82, 2.24) is 0 Å². The number of benzene rings is 1. The van der Waals surface area contributed by atoms with E-state index in [2.05, 4.69) is 25.4 Å². The lowest BCUT2D eigenvalue weighted by molar-refractivity contribution is -0.344. The molecule has 0 atom stereocenters. The van der Waals surface area contributed by atoms with E-state index in [-0.39, 0.29) is 11.8 Å². The topological polar surface area (TPSA) is 52.6 Å². The molecule has 1 aromatic carbocycles. The Labute approximate surface area is 160 Å². The Morgan fingerprint density at radius 1 is 0.964 bits per heavy atom. The van der Waals surface area contributed by atoms with Gasteiger partial charge < -0.3 is 9.47 Å². The number of esters is 2. The molecule has 0 heterocycles. The van der Waals surface area contributed by atoms with Gasteiger partial charge in [0.05, 0.1) is 0 Å². The highest BCUT2D eigenvalue weighted by Crippen LogP contribution is 2.48. The molecule has 28 heavy (non-hydrogen) atoms. The van der Waals surface area contributed by atoms with Crippen LogP contribution in [0, 0.1) is 0 Å².